The van der Waals surface area contributed by atoms with Gasteiger partial charge >= 0.3 is 5.97 Å². The van der Waals surface area contributed by atoms with Crippen LogP contribution in [0.4, 0.5) is 0 Å². The fourth-order valence-electron chi connectivity index (χ4n) is 2.64. The number of ether oxygens (including phenoxy) is 3. The SMILES string of the molecule is O=C(COC[C@H]1CCCCO1)NC1(C(=O)O)CCOCC1. The first-order valence-corrected chi connectivity index (χ1v) is 7.44. The Labute approximate surface area is 123 Å². The molecule has 0 radical (unpaired) electrons. The molecule has 2 saturated heterocycles. The van der Waals surface area contributed by atoms with E-state index in [2.05, 4.69) is 5.32 Å². The van der Waals surface area contributed by atoms with Gasteiger partial charge in [0.05, 0.1) is 12.7 Å². The quantitative estimate of drug-likeness (QED) is 0.734. The van der Waals surface area contributed by atoms with Gasteiger partial charge in [-0.15, -0.1) is 0 Å². The first kappa shape index (κ1) is 16.2. The molecule has 1 atom stereocenters. The van der Waals surface area contributed by atoms with Crippen LogP contribution in [0.3, 0.4) is 0 Å². The van der Waals surface area contributed by atoms with Crippen molar-refractivity contribution in [1.82, 2.24) is 5.32 Å². The maximum absolute atomic E-state index is 11.9. The molecule has 7 heteroatoms. The average Bonchev–Trinajstić information content (AvgIpc) is 2.49. The summed E-state index contributed by atoms with van der Waals surface area (Å²) in [5.41, 5.74) is -1.22. The lowest BCUT2D eigenvalue weighted by Crippen LogP contribution is -2.58. The Hall–Kier alpha value is -1.18. The molecule has 0 aromatic carbocycles. The van der Waals surface area contributed by atoms with E-state index in [4.69, 9.17) is 14.2 Å². The topological polar surface area (TPSA) is 94.1 Å². The van der Waals surface area contributed by atoms with E-state index in [-0.39, 0.29) is 25.6 Å². The van der Waals surface area contributed by atoms with Crippen molar-refractivity contribution in [2.45, 2.75) is 43.7 Å². The Morgan fingerprint density at radius 2 is 2.00 bits per heavy atom. The largest absolute Gasteiger partial charge is 0.480 e. The van der Waals surface area contributed by atoms with Crippen LogP contribution in [-0.2, 0) is 23.8 Å². The van der Waals surface area contributed by atoms with Crippen LogP contribution >= 0.6 is 0 Å². The molecule has 2 aliphatic rings. The molecule has 2 rings (SSSR count). The normalized spacial score (nSPS) is 25.2. The van der Waals surface area contributed by atoms with E-state index in [1.165, 1.54) is 0 Å². The summed E-state index contributed by atoms with van der Waals surface area (Å²) in [7, 11) is 0. The van der Waals surface area contributed by atoms with E-state index in [1.54, 1.807) is 0 Å². The smallest absolute Gasteiger partial charge is 0.329 e. The summed E-state index contributed by atoms with van der Waals surface area (Å²) in [6, 6.07) is 0. The number of carboxylic acid groups (broad SMARTS) is 1. The summed E-state index contributed by atoms with van der Waals surface area (Å²) in [6.45, 7) is 1.64. The zero-order chi connectivity index (χ0) is 15.1. The van der Waals surface area contributed by atoms with Crippen LogP contribution in [0.25, 0.3) is 0 Å². The first-order chi connectivity index (χ1) is 10.1. The molecule has 2 fully saturated rings. The highest BCUT2D eigenvalue weighted by Gasteiger charge is 2.41. The standard InChI is InChI=1S/C14H23NO6/c16-12(10-20-9-11-3-1-2-6-21-11)15-14(13(17)18)4-7-19-8-5-14/h11H,1-10H2,(H,15,16)(H,17,18)/t11-/m1/s1. The third kappa shape index (κ3) is 4.66. The van der Waals surface area contributed by atoms with Gasteiger partial charge in [0.1, 0.15) is 12.1 Å². The lowest BCUT2D eigenvalue weighted by molar-refractivity contribution is -0.153. The highest BCUT2D eigenvalue weighted by atomic mass is 16.5. The second kappa shape index (κ2) is 7.72. The van der Waals surface area contributed by atoms with Gasteiger partial charge in [-0.25, -0.2) is 4.79 Å². The molecule has 0 spiro atoms. The van der Waals surface area contributed by atoms with E-state index in [9.17, 15) is 14.7 Å². The van der Waals surface area contributed by atoms with E-state index in [0.717, 1.165) is 25.9 Å². The van der Waals surface area contributed by atoms with Gasteiger partial charge in [-0.1, -0.05) is 0 Å². The van der Waals surface area contributed by atoms with Gasteiger partial charge in [0.2, 0.25) is 5.91 Å². The number of carbonyl (C=O) groups is 2. The van der Waals surface area contributed by atoms with Crippen molar-refractivity contribution in [2.75, 3.05) is 33.0 Å². The van der Waals surface area contributed by atoms with Crippen molar-refractivity contribution >= 4 is 11.9 Å². The summed E-state index contributed by atoms with van der Waals surface area (Å²) in [4.78, 5) is 23.3. The number of amides is 1. The minimum Gasteiger partial charge on any atom is -0.480 e. The van der Waals surface area contributed by atoms with Crippen LogP contribution < -0.4 is 5.32 Å². The Bertz CT molecular complexity index is 360. The molecule has 2 heterocycles. The van der Waals surface area contributed by atoms with Crippen LogP contribution in [0.1, 0.15) is 32.1 Å². The molecule has 0 aromatic rings. The van der Waals surface area contributed by atoms with E-state index in [0.29, 0.717) is 19.8 Å². The summed E-state index contributed by atoms with van der Waals surface area (Å²) in [5, 5.41) is 11.9. The highest BCUT2D eigenvalue weighted by Crippen LogP contribution is 2.21. The van der Waals surface area contributed by atoms with Crippen LogP contribution in [-0.4, -0.2) is 61.7 Å². The van der Waals surface area contributed by atoms with Gasteiger partial charge in [0.15, 0.2) is 0 Å². The van der Waals surface area contributed by atoms with Crippen LogP contribution in [0.15, 0.2) is 0 Å². The van der Waals surface area contributed by atoms with Crippen molar-refractivity contribution in [3.63, 3.8) is 0 Å². The molecular formula is C14H23NO6. The maximum atomic E-state index is 11.9. The van der Waals surface area contributed by atoms with Gasteiger partial charge in [-0.3, -0.25) is 4.79 Å². The third-order valence-corrected chi connectivity index (χ3v) is 3.95. The van der Waals surface area contributed by atoms with Gasteiger partial charge in [-0.05, 0) is 19.3 Å². The van der Waals surface area contributed by atoms with Gasteiger partial charge < -0.3 is 24.6 Å². The van der Waals surface area contributed by atoms with E-state index < -0.39 is 17.4 Å². The Morgan fingerprint density at radius 3 is 2.62 bits per heavy atom. The number of carbonyl (C=O) groups excluding carboxylic acids is 1. The molecule has 1 amide bonds. The Morgan fingerprint density at radius 1 is 1.24 bits per heavy atom. The number of hydrogen-bond donors (Lipinski definition) is 2. The third-order valence-electron chi connectivity index (χ3n) is 3.95. The number of nitrogens with one attached hydrogen (secondary N) is 1. The molecule has 0 saturated carbocycles. The summed E-state index contributed by atoms with van der Waals surface area (Å²) >= 11 is 0. The van der Waals surface area contributed by atoms with Gasteiger partial charge in [0, 0.05) is 32.7 Å². The molecule has 2 aliphatic heterocycles. The molecular weight excluding hydrogens is 278 g/mol. The number of aliphatic carboxylic acids is 1. The van der Waals surface area contributed by atoms with E-state index >= 15 is 0 Å². The minimum absolute atomic E-state index is 0.0445. The van der Waals surface area contributed by atoms with Gasteiger partial charge in [0.25, 0.3) is 0 Å². The zero-order valence-electron chi connectivity index (χ0n) is 12.1. The van der Waals surface area contributed by atoms with Crippen LogP contribution in [0.2, 0.25) is 0 Å². The molecule has 120 valence electrons. The molecule has 7 nitrogen and oxygen atoms in total. The molecule has 21 heavy (non-hydrogen) atoms. The summed E-state index contributed by atoms with van der Waals surface area (Å²) in [6.07, 6.45) is 3.73. The molecule has 0 bridgehead atoms. The summed E-state index contributed by atoms with van der Waals surface area (Å²) < 4.78 is 16.0. The van der Waals surface area contributed by atoms with Crippen LogP contribution in [0.5, 0.6) is 0 Å². The number of hydrogen-bond acceptors (Lipinski definition) is 5. The maximum Gasteiger partial charge on any atom is 0.329 e. The van der Waals surface area contributed by atoms with Crippen molar-refractivity contribution in [3.8, 4) is 0 Å². The zero-order valence-corrected chi connectivity index (χ0v) is 12.1. The van der Waals surface area contributed by atoms with Crippen molar-refractivity contribution in [2.24, 2.45) is 0 Å². The second-order valence-corrected chi connectivity index (χ2v) is 5.55. The molecule has 2 N–H and O–H groups in total. The fraction of sp³-hybridized carbons (Fsp3) is 0.857. The second-order valence-electron chi connectivity index (χ2n) is 5.55. The molecule has 0 aromatic heterocycles. The van der Waals surface area contributed by atoms with E-state index in [1.807, 2.05) is 0 Å². The minimum atomic E-state index is -1.22. The predicted octanol–water partition coefficient (Wildman–Crippen LogP) is 0.322. The Balaban J connectivity index is 1.73. The number of carboxylic acids is 1. The highest BCUT2D eigenvalue weighted by molar-refractivity contribution is 5.87. The average molecular weight is 301 g/mol. The molecule has 0 unspecified atom stereocenters. The molecule has 0 aliphatic carbocycles. The predicted molar refractivity (Wildman–Crippen MR) is 73.0 cm³/mol. The Kier molecular flexibility index (Phi) is 5.96. The van der Waals surface area contributed by atoms with Crippen molar-refractivity contribution in [1.29, 1.82) is 0 Å². The first-order valence-electron chi connectivity index (χ1n) is 7.44. The van der Waals surface area contributed by atoms with Crippen molar-refractivity contribution < 1.29 is 28.9 Å². The van der Waals surface area contributed by atoms with Crippen LogP contribution in [0, 0.1) is 0 Å². The lowest BCUT2D eigenvalue weighted by Gasteiger charge is -2.33. The van der Waals surface area contributed by atoms with Gasteiger partial charge in [-0.2, -0.15) is 0 Å². The monoisotopic (exact) mass is 301 g/mol. The summed E-state index contributed by atoms with van der Waals surface area (Å²) in [5.74, 6) is -1.43. The van der Waals surface area contributed by atoms with Crippen molar-refractivity contribution in [3.05, 3.63) is 0 Å². The fourth-order valence-corrected chi connectivity index (χ4v) is 2.64. The number of rotatable bonds is 6. The lowest BCUT2D eigenvalue weighted by atomic mass is 9.90.